The molecular formula is C13H14N2O4. The first-order chi connectivity index (χ1) is 9.17. The predicted octanol–water partition coefficient (Wildman–Crippen LogP) is 1.39. The van der Waals surface area contributed by atoms with Gasteiger partial charge < -0.3 is 19.9 Å². The van der Waals surface area contributed by atoms with Gasteiger partial charge in [0.1, 0.15) is 23.8 Å². The number of aromatic nitrogens is 2. The number of hydrogen-bond acceptors (Lipinski definition) is 5. The number of esters is 1. The number of rotatable bonds is 4. The van der Waals surface area contributed by atoms with Gasteiger partial charge in [-0.1, -0.05) is 12.1 Å². The number of carbonyl (C=O) groups is 1. The average Bonchev–Trinajstić information content (AvgIpc) is 2.82. The van der Waals surface area contributed by atoms with Crippen LogP contribution >= 0.6 is 0 Å². The van der Waals surface area contributed by atoms with Crippen LogP contribution in [-0.4, -0.2) is 39.4 Å². The Morgan fingerprint density at radius 3 is 2.79 bits per heavy atom. The van der Waals surface area contributed by atoms with E-state index in [1.165, 1.54) is 0 Å². The molecule has 0 atom stereocenters. The molecule has 0 aliphatic rings. The van der Waals surface area contributed by atoms with Crippen LogP contribution in [0.4, 0.5) is 0 Å². The van der Waals surface area contributed by atoms with E-state index >= 15 is 0 Å². The summed E-state index contributed by atoms with van der Waals surface area (Å²) in [5, 5.41) is 18.7. The zero-order valence-electron chi connectivity index (χ0n) is 10.4. The molecule has 0 unspecified atom stereocenters. The predicted molar refractivity (Wildman–Crippen MR) is 69.4 cm³/mol. The van der Waals surface area contributed by atoms with E-state index in [0.29, 0.717) is 5.52 Å². The van der Waals surface area contributed by atoms with Gasteiger partial charge in [-0.25, -0.2) is 9.78 Å². The highest BCUT2D eigenvalue weighted by Gasteiger charge is 2.21. The third kappa shape index (κ3) is 2.58. The molecule has 6 heteroatoms. The van der Waals surface area contributed by atoms with Crippen molar-refractivity contribution in [1.82, 2.24) is 9.97 Å². The van der Waals surface area contributed by atoms with Gasteiger partial charge in [-0.05, 0) is 19.1 Å². The van der Waals surface area contributed by atoms with Crippen molar-refractivity contribution >= 4 is 22.6 Å². The Kier molecular flexibility index (Phi) is 3.82. The van der Waals surface area contributed by atoms with Crippen molar-refractivity contribution < 1.29 is 19.7 Å². The molecule has 0 aliphatic carbocycles. The van der Waals surface area contributed by atoms with Crippen LogP contribution in [0.15, 0.2) is 30.0 Å². The van der Waals surface area contributed by atoms with E-state index in [0.717, 1.165) is 5.52 Å². The number of fused-ring (bicyclic) bond motifs is 1. The summed E-state index contributed by atoms with van der Waals surface area (Å²) in [5.74, 6) is -1.03. The normalized spacial score (nSPS) is 12.3. The maximum Gasteiger partial charge on any atom is 0.345 e. The van der Waals surface area contributed by atoms with Gasteiger partial charge in [0.15, 0.2) is 0 Å². The van der Waals surface area contributed by atoms with E-state index in [-0.39, 0.29) is 18.0 Å². The summed E-state index contributed by atoms with van der Waals surface area (Å²) in [6.07, 6.45) is 0. The highest BCUT2D eigenvalue weighted by Crippen LogP contribution is 2.20. The van der Waals surface area contributed by atoms with E-state index in [1.807, 2.05) is 12.1 Å². The van der Waals surface area contributed by atoms with E-state index in [1.54, 1.807) is 19.1 Å². The molecule has 0 radical (unpaired) electrons. The quantitative estimate of drug-likeness (QED) is 0.439. The second-order valence-electron chi connectivity index (χ2n) is 3.80. The van der Waals surface area contributed by atoms with Gasteiger partial charge >= 0.3 is 5.97 Å². The third-order valence-electron chi connectivity index (χ3n) is 2.54. The van der Waals surface area contributed by atoms with Crippen LogP contribution in [0, 0.1) is 0 Å². The van der Waals surface area contributed by atoms with Crippen LogP contribution in [0.1, 0.15) is 12.7 Å². The minimum absolute atomic E-state index is 0.152. The average molecular weight is 262 g/mol. The fourth-order valence-electron chi connectivity index (χ4n) is 1.70. The largest absolute Gasteiger partial charge is 0.509 e. The van der Waals surface area contributed by atoms with Gasteiger partial charge in [-0.2, -0.15) is 0 Å². The number of aliphatic hydroxyl groups is 2. The Bertz CT molecular complexity index is 597. The van der Waals surface area contributed by atoms with Crippen molar-refractivity contribution in [3.63, 3.8) is 0 Å². The Hall–Kier alpha value is -2.34. The maximum atomic E-state index is 11.8. The first-order valence-corrected chi connectivity index (χ1v) is 5.82. The molecule has 100 valence electrons. The molecular weight excluding hydrogens is 248 g/mol. The lowest BCUT2D eigenvalue weighted by Crippen LogP contribution is -2.12. The standard InChI is InChI=1S/C13H14N2O4/c1-2-19-13(18)11(10(17)7-16)12-14-8-5-3-4-6-9(8)15-12/h3-6,16-17H,2,7H2,1H3,(H,14,15)/b11-10-. The number of aromatic amines is 1. The SMILES string of the molecule is CCOC(=O)/C(=C(\O)CO)c1nc2ccccc2[nH]1. The molecule has 2 rings (SSSR count). The van der Waals surface area contributed by atoms with Crippen LogP contribution in [0.25, 0.3) is 16.6 Å². The fourth-order valence-corrected chi connectivity index (χ4v) is 1.70. The van der Waals surface area contributed by atoms with Crippen molar-refractivity contribution in [3.05, 3.63) is 35.8 Å². The summed E-state index contributed by atoms with van der Waals surface area (Å²) in [7, 11) is 0. The lowest BCUT2D eigenvalue weighted by molar-refractivity contribution is -0.136. The number of carbonyl (C=O) groups excluding carboxylic acids is 1. The monoisotopic (exact) mass is 262 g/mol. The molecule has 0 bridgehead atoms. The van der Waals surface area contributed by atoms with Crippen molar-refractivity contribution in [1.29, 1.82) is 0 Å². The summed E-state index contributed by atoms with van der Waals surface area (Å²) in [4.78, 5) is 18.9. The zero-order chi connectivity index (χ0) is 13.8. The Morgan fingerprint density at radius 1 is 1.42 bits per heavy atom. The Labute approximate surface area is 109 Å². The molecule has 6 nitrogen and oxygen atoms in total. The number of imidazole rings is 1. The summed E-state index contributed by atoms with van der Waals surface area (Å²) in [6, 6.07) is 7.20. The number of nitrogens with one attached hydrogen (secondary N) is 1. The number of benzene rings is 1. The maximum absolute atomic E-state index is 11.8. The van der Waals surface area contributed by atoms with E-state index in [9.17, 15) is 9.90 Å². The number of hydrogen-bond donors (Lipinski definition) is 3. The summed E-state index contributed by atoms with van der Waals surface area (Å²) < 4.78 is 4.85. The molecule has 3 N–H and O–H groups in total. The topological polar surface area (TPSA) is 95.4 Å². The number of aliphatic hydroxyl groups excluding tert-OH is 2. The van der Waals surface area contributed by atoms with Gasteiger partial charge in [-0.15, -0.1) is 0 Å². The van der Waals surface area contributed by atoms with Crippen LogP contribution in [0.3, 0.4) is 0 Å². The van der Waals surface area contributed by atoms with Crippen LogP contribution in [-0.2, 0) is 9.53 Å². The van der Waals surface area contributed by atoms with Crippen LogP contribution in [0.2, 0.25) is 0 Å². The van der Waals surface area contributed by atoms with Gasteiger partial charge in [0.25, 0.3) is 0 Å². The van der Waals surface area contributed by atoms with Crippen molar-refractivity contribution in [3.8, 4) is 0 Å². The highest BCUT2D eigenvalue weighted by molar-refractivity contribution is 6.16. The van der Waals surface area contributed by atoms with E-state index in [2.05, 4.69) is 9.97 Å². The number of ether oxygens (including phenoxy) is 1. The molecule has 0 saturated carbocycles. The van der Waals surface area contributed by atoms with Gasteiger partial charge in [0.05, 0.1) is 17.6 Å². The fraction of sp³-hybridized carbons (Fsp3) is 0.231. The Morgan fingerprint density at radius 2 is 2.16 bits per heavy atom. The number of H-pyrrole nitrogens is 1. The second kappa shape index (κ2) is 5.53. The van der Waals surface area contributed by atoms with Gasteiger partial charge in [0.2, 0.25) is 0 Å². The van der Waals surface area contributed by atoms with Gasteiger partial charge in [-0.3, -0.25) is 0 Å². The number of nitrogens with zero attached hydrogens (tertiary/aromatic N) is 1. The third-order valence-corrected chi connectivity index (χ3v) is 2.54. The minimum atomic E-state index is -0.729. The van der Waals surface area contributed by atoms with Crippen molar-refractivity contribution in [2.75, 3.05) is 13.2 Å². The highest BCUT2D eigenvalue weighted by atomic mass is 16.5. The van der Waals surface area contributed by atoms with Gasteiger partial charge in [0, 0.05) is 0 Å². The first kappa shape index (κ1) is 13.1. The smallest absolute Gasteiger partial charge is 0.345 e. The first-order valence-electron chi connectivity index (χ1n) is 5.82. The summed E-state index contributed by atoms with van der Waals surface area (Å²) >= 11 is 0. The van der Waals surface area contributed by atoms with E-state index < -0.39 is 18.3 Å². The van der Waals surface area contributed by atoms with Crippen molar-refractivity contribution in [2.24, 2.45) is 0 Å². The van der Waals surface area contributed by atoms with Crippen LogP contribution in [0.5, 0.6) is 0 Å². The molecule has 1 heterocycles. The summed E-state index contributed by atoms with van der Waals surface area (Å²) in [6.45, 7) is 1.16. The molecule has 0 amide bonds. The molecule has 1 aromatic heterocycles. The lowest BCUT2D eigenvalue weighted by Gasteiger charge is -2.06. The zero-order valence-corrected chi connectivity index (χ0v) is 10.4. The molecule has 0 aliphatic heterocycles. The molecule has 1 aromatic carbocycles. The minimum Gasteiger partial charge on any atom is -0.509 e. The molecule has 19 heavy (non-hydrogen) atoms. The summed E-state index contributed by atoms with van der Waals surface area (Å²) in [5.41, 5.74) is 1.23. The van der Waals surface area contributed by atoms with Crippen molar-refractivity contribution in [2.45, 2.75) is 6.92 Å². The van der Waals surface area contributed by atoms with E-state index in [4.69, 9.17) is 9.84 Å². The number of para-hydroxylation sites is 2. The molecule has 0 spiro atoms. The molecule has 0 saturated heterocycles. The molecule has 0 fully saturated rings. The van der Waals surface area contributed by atoms with Crippen LogP contribution < -0.4 is 0 Å². The lowest BCUT2D eigenvalue weighted by atomic mass is 10.2. The second-order valence-corrected chi connectivity index (χ2v) is 3.80. The Balaban J connectivity index is 2.52. The molecule has 2 aromatic rings.